The molecule has 0 radical (unpaired) electrons. The normalized spacial score (nSPS) is 12.8. The Morgan fingerprint density at radius 1 is 1.08 bits per heavy atom. The van der Waals surface area contributed by atoms with Gasteiger partial charge in [0.15, 0.2) is 5.65 Å². The molecule has 0 saturated heterocycles. The SMILES string of the molecule is CCOC(=O)C(C)n1c2ccccc2c2nc3ccccc3nc21. The molecule has 2 aromatic heterocycles. The lowest BCUT2D eigenvalue weighted by Gasteiger charge is -2.14. The number of hydrogen-bond acceptors (Lipinski definition) is 4. The lowest BCUT2D eigenvalue weighted by atomic mass is 10.2. The first-order valence-corrected chi connectivity index (χ1v) is 8.02. The third-order valence-electron chi connectivity index (χ3n) is 4.21. The lowest BCUT2D eigenvalue weighted by molar-refractivity contribution is -0.146. The minimum absolute atomic E-state index is 0.268. The Balaban J connectivity index is 2.09. The molecule has 0 aliphatic carbocycles. The minimum atomic E-state index is -0.470. The average Bonchev–Trinajstić information content (AvgIpc) is 2.93. The van der Waals surface area contributed by atoms with Gasteiger partial charge in [-0.15, -0.1) is 0 Å². The second kappa shape index (κ2) is 5.60. The van der Waals surface area contributed by atoms with E-state index in [9.17, 15) is 4.79 Å². The van der Waals surface area contributed by atoms with Crippen molar-refractivity contribution in [3.63, 3.8) is 0 Å². The molecule has 0 saturated carbocycles. The first-order chi connectivity index (χ1) is 11.7. The van der Waals surface area contributed by atoms with Crippen LogP contribution in [-0.2, 0) is 9.53 Å². The number of carbonyl (C=O) groups is 1. The number of benzene rings is 2. The van der Waals surface area contributed by atoms with Crippen molar-refractivity contribution in [3.8, 4) is 0 Å². The van der Waals surface area contributed by atoms with Crippen molar-refractivity contribution >= 4 is 39.1 Å². The molecule has 4 aromatic rings. The van der Waals surface area contributed by atoms with E-state index < -0.39 is 6.04 Å². The van der Waals surface area contributed by atoms with E-state index in [0.717, 1.165) is 27.5 Å². The predicted octanol–water partition coefficient (Wildman–Crippen LogP) is 3.86. The van der Waals surface area contributed by atoms with Gasteiger partial charge in [-0.3, -0.25) is 0 Å². The van der Waals surface area contributed by atoms with Crippen LogP contribution in [0.15, 0.2) is 48.5 Å². The Morgan fingerprint density at radius 3 is 2.50 bits per heavy atom. The van der Waals surface area contributed by atoms with Crippen molar-refractivity contribution < 1.29 is 9.53 Å². The number of carbonyl (C=O) groups excluding carboxylic acids is 1. The van der Waals surface area contributed by atoms with Crippen molar-refractivity contribution in [2.75, 3.05) is 6.61 Å². The Hall–Kier alpha value is -2.95. The van der Waals surface area contributed by atoms with Gasteiger partial charge in [-0.1, -0.05) is 30.3 Å². The number of aromatic nitrogens is 3. The summed E-state index contributed by atoms with van der Waals surface area (Å²) in [5.41, 5.74) is 4.10. The Morgan fingerprint density at radius 2 is 1.75 bits per heavy atom. The summed E-state index contributed by atoms with van der Waals surface area (Å²) in [6.07, 6.45) is 0. The van der Waals surface area contributed by atoms with Gasteiger partial charge in [0.1, 0.15) is 11.6 Å². The largest absolute Gasteiger partial charge is 0.464 e. The van der Waals surface area contributed by atoms with Gasteiger partial charge in [0.05, 0.1) is 23.2 Å². The maximum absolute atomic E-state index is 12.3. The monoisotopic (exact) mass is 319 g/mol. The Kier molecular flexibility index (Phi) is 3.41. The van der Waals surface area contributed by atoms with Crippen LogP contribution >= 0.6 is 0 Å². The molecule has 4 rings (SSSR count). The van der Waals surface area contributed by atoms with E-state index >= 15 is 0 Å². The van der Waals surface area contributed by atoms with Crippen LogP contribution in [0.25, 0.3) is 33.1 Å². The molecule has 5 heteroatoms. The highest BCUT2D eigenvalue weighted by molar-refractivity contribution is 6.07. The zero-order valence-electron chi connectivity index (χ0n) is 13.6. The van der Waals surface area contributed by atoms with E-state index in [2.05, 4.69) is 0 Å². The summed E-state index contributed by atoms with van der Waals surface area (Å²) < 4.78 is 7.12. The molecule has 5 nitrogen and oxygen atoms in total. The highest BCUT2D eigenvalue weighted by atomic mass is 16.5. The predicted molar refractivity (Wildman–Crippen MR) is 93.9 cm³/mol. The molecule has 0 spiro atoms. The van der Waals surface area contributed by atoms with Crippen molar-refractivity contribution in [1.29, 1.82) is 0 Å². The summed E-state index contributed by atoms with van der Waals surface area (Å²) in [5, 5.41) is 0.988. The van der Waals surface area contributed by atoms with Crippen LogP contribution in [0.5, 0.6) is 0 Å². The molecule has 2 aromatic carbocycles. The second-order valence-electron chi connectivity index (χ2n) is 5.70. The van der Waals surface area contributed by atoms with E-state index in [0.29, 0.717) is 12.3 Å². The molecular formula is C19H17N3O2. The summed E-state index contributed by atoms with van der Waals surface area (Å²) in [5.74, 6) is -0.268. The number of para-hydroxylation sites is 3. The molecule has 0 aliphatic heterocycles. The number of fused-ring (bicyclic) bond motifs is 4. The third-order valence-corrected chi connectivity index (χ3v) is 4.21. The Labute approximate surface area is 138 Å². The van der Waals surface area contributed by atoms with Crippen molar-refractivity contribution in [1.82, 2.24) is 14.5 Å². The first-order valence-electron chi connectivity index (χ1n) is 8.02. The summed E-state index contributed by atoms with van der Waals surface area (Å²) in [6, 6.07) is 15.2. The van der Waals surface area contributed by atoms with Gasteiger partial charge >= 0.3 is 5.97 Å². The average molecular weight is 319 g/mol. The van der Waals surface area contributed by atoms with Crippen LogP contribution in [0.2, 0.25) is 0 Å². The summed E-state index contributed by atoms with van der Waals surface area (Å²) >= 11 is 0. The smallest absolute Gasteiger partial charge is 0.328 e. The third kappa shape index (κ3) is 2.12. The molecule has 0 aliphatic rings. The van der Waals surface area contributed by atoms with Gasteiger partial charge in [-0.05, 0) is 32.0 Å². The van der Waals surface area contributed by atoms with Crippen LogP contribution < -0.4 is 0 Å². The van der Waals surface area contributed by atoms with Crippen molar-refractivity contribution in [3.05, 3.63) is 48.5 Å². The number of ether oxygens (including phenoxy) is 1. The van der Waals surface area contributed by atoms with E-state index in [-0.39, 0.29) is 5.97 Å². The molecule has 1 atom stereocenters. The highest BCUT2D eigenvalue weighted by Gasteiger charge is 2.23. The summed E-state index contributed by atoms with van der Waals surface area (Å²) in [7, 11) is 0. The van der Waals surface area contributed by atoms with Gasteiger partial charge in [0.25, 0.3) is 0 Å². The number of hydrogen-bond donors (Lipinski definition) is 0. The molecule has 0 N–H and O–H groups in total. The molecule has 24 heavy (non-hydrogen) atoms. The van der Waals surface area contributed by atoms with E-state index in [1.54, 1.807) is 0 Å². The maximum Gasteiger partial charge on any atom is 0.328 e. The molecule has 0 bridgehead atoms. The topological polar surface area (TPSA) is 57.0 Å². The van der Waals surface area contributed by atoms with Gasteiger partial charge in [-0.25, -0.2) is 14.8 Å². The van der Waals surface area contributed by atoms with Crippen molar-refractivity contribution in [2.45, 2.75) is 19.9 Å². The molecular weight excluding hydrogens is 302 g/mol. The zero-order valence-corrected chi connectivity index (χ0v) is 13.6. The second-order valence-corrected chi connectivity index (χ2v) is 5.70. The fourth-order valence-corrected chi connectivity index (χ4v) is 3.10. The standard InChI is InChI=1S/C19H17N3O2/c1-3-24-19(23)12(2)22-16-11-7-4-8-13(16)17-18(22)21-15-10-6-5-9-14(15)20-17/h4-12H,3H2,1-2H3. The highest BCUT2D eigenvalue weighted by Crippen LogP contribution is 2.31. The van der Waals surface area contributed by atoms with E-state index in [1.165, 1.54) is 0 Å². The molecule has 120 valence electrons. The number of rotatable bonds is 3. The van der Waals surface area contributed by atoms with E-state index in [1.807, 2.05) is 66.9 Å². The quantitative estimate of drug-likeness (QED) is 0.538. The van der Waals surface area contributed by atoms with Crippen LogP contribution in [0.4, 0.5) is 0 Å². The summed E-state index contributed by atoms with van der Waals surface area (Å²) in [6.45, 7) is 4.00. The van der Waals surface area contributed by atoms with Crippen LogP contribution in [0.3, 0.4) is 0 Å². The van der Waals surface area contributed by atoms with Gasteiger partial charge in [0.2, 0.25) is 0 Å². The van der Waals surface area contributed by atoms with E-state index in [4.69, 9.17) is 14.7 Å². The first kappa shape index (κ1) is 14.6. The van der Waals surface area contributed by atoms with Crippen LogP contribution in [-0.4, -0.2) is 27.1 Å². The van der Waals surface area contributed by atoms with Crippen molar-refractivity contribution in [2.24, 2.45) is 0 Å². The van der Waals surface area contributed by atoms with Gasteiger partial charge in [0, 0.05) is 5.39 Å². The minimum Gasteiger partial charge on any atom is -0.464 e. The van der Waals surface area contributed by atoms with Crippen LogP contribution in [0, 0.1) is 0 Å². The molecule has 1 unspecified atom stereocenters. The molecule has 0 amide bonds. The van der Waals surface area contributed by atoms with Crippen LogP contribution in [0.1, 0.15) is 19.9 Å². The summed E-state index contributed by atoms with van der Waals surface area (Å²) in [4.78, 5) is 21.9. The fourth-order valence-electron chi connectivity index (χ4n) is 3.10. The molecule has 0 fully saturated rings. The number of nitrogens with zero attached hydrogens (tertiary/aromatic N) is 3. The Bertz CT molecular complexity index is 1070. The van der Waals surface area contributed by atoms with Gasteiger partial charge in [-0.2, -0.15) is 0 Å². The maximum atomic E-state index is 12.3. The molecule has 2 heterocycles. The zero-order chi connectivity index (χ0) is 16.7. The lowest BCUT2D eigenvalue weighted by Crippen LogP contribution is -2.19. The number of esters is 1. The van der Waals surface area contributed by atoms with Gasteiger partial charge < -0.3 is 9.30 Å². The fraction of sp³-hybridized carbons (Fsp3) is 0.211.